The first-order valence-corrected chi connectivity index (χ1v) is 6.81. The number of H-pyrrole nitrogens is 1. The van der Waals surface area contributed by atoms with Crippen molar-refractivity contribution in [1.82, 2.24) is 10.3 Å². The van der Waals surface area contributed by atoms with Crippen LogP contribution in [0.5, 0.6) is 0 Å². The molecule has 4 heteroatoms. The number of rotatable bonds is 4. The molecule has 0 unspecified atom stereocenters. The lowest BCUT2D eigenvalue weighted by Crippen LogP contribution is -2.51. The Labute approximate surface area is 112 Å². The smallest absolute Gasteiger partial charge is 0.0615 e. The van der Waals surface area contributed by atoms with Crippen LogP contribution in [-0.2, 0) is 11.3 Å². The van der Waals surface area contributed by atoms with Crippen molar-refractivity contribution in [2.75, 3.05) is 19.8 Å². The monoisotopic (exact) mass is 260 g/mol. The Morgan fingerprint density at radius 1 is 1.26 bits per heavy atom. The second kappa shape index (κ2) is 5.33. The lowest BCUT2D eigenvalue weighted by Gasteiger charge is -2.36. The van der Waals surface area contributed by atoms with E-state index in [9.17, 15) is 5.11 Å². The standard InChI is InChI=1S/C15H20N2O2/c18-11-15(4-7-19-8-5-15)17-10-12-1-2-13-3-6-16-14(13)9-12/h1-3,6,9,16-18H,4-5,7-8,10-11H2. The Balaban J connectivity index is 1.70. The first kappa shape index (κ1) is 12.7. The highest BCUT2D eigenvalue weighted by Crippen LogP contribution is 2.21. The van der Waals surface area contributed by atoms with Crippen LogP contribution in [0.2, 0.25) is 0 Å². The Kier molecular flexibility index (Phi) is 3.55. The zero-order valence-electron chi connectivity index (χ0n) is 11.0. The number of hydrogen-bond acceptors (Lipinski definition) is 3. The van der Waals surface area contributed by atoms with Gasteiger partial charge in [0.2, 0.25) is 0 Å². The molecule has 0 aliphatic carbocycles. The molecule has 1 fully saturated rings. The number of ether oxygens (including phenoxy) is 1. The summed E-state index contributed by atoms with van der Waals surface area (Å²) in [5.74, 6) is 0. The molecule has 0 saturated carbocycles. The highest BCUT2D eigenvalue weighted by Gasteiger charge is 2.31. The van der Waals surface area contributed by atoms with Crippen molar-refractivity contribution < 1.29 is 9.84 Å². The minimum absolute atomic E-state index is 0.168. The van der Waals surface area contributed by atoms with Crippen molar-refractivity contribution >= 4 is 10.9 Å². The molecule has 1 aliphatic rings. The van der Waals surface area contributed by atoms with E-state index in [1.165, 1.54) is 10.9 Å². The van der Waals surface area contributed by atoms with Gasteiger partial charge in [0.15, 0.2) is 0 Å². The van der Waals surface area contributed by atoms with Crippen molar-refractivity contribution in [3.05, 3.63) is 36.0 Å². The van der Waals surface area contributed by atoms with Gasteiger partial charge in [-0.2, -0.15) is 0 Å². The second-order valence-corrected chi connectivity index (χ2v) is 5.30. The predicted octanol–water partition coefficient (Wildman–Crippen LogP) is 1.80. The van der Waals surface area contributed by atoms with E-state index in [0.29, 0.717) is 0 Å². The van der Waals surface area contributed by atoms with Crippen molar-refractivity contribution in [3.63, 3.8) is 0 Å². The fourth-order valence-corrected chi connectivity index (χ4v) is 2.65. The minimum atomic E-state index is -0.178. The van der Waals surface area contributed by atoms with Crippen molar-refractivity contribution in [2.24, 2.45) is 0 Å². The van der Waals surface area contributed by atoms with Gasteiger partial charge in [0.25, 0.3) is 0 Å². The molecule has 0 amide bonds. The topological polar surface area (TPSA) is 57.3 Å². The summed E-state index contributed by atoms with van der Waals surface area (Å²) in [7, 11) is 0. The van der Waals surface area contributed by atoms with Gasteiger partial charge in [0.05, 0.1) is 6.61 Å². The van der Waals surface area contributed by atoms with E-state index in [1.54, 1.807) is 0 Å². The maximum Gasteiger partial charge on any atom is 0.0615 e. The van der Waals surface area contributed by atoms with E-state index in [0.717, 1.165) is 38.1 Å². The SMILES string of the molecule is OCC1(NCc2ccc3cc[nH]c3c2)CCOCC1. The highest BCUT2D eigenvalue weighted by molar-refractivity contribution is 5.79. The number of aliphatic hydroxyl groups excluding tert-OH is 1. The summed E-state index contributed by atoms with van der Waals surface area (Å²) in [6.07, 6.45) is 3.69. The molecule has 2 aromatic rings. The fourth-order valence-electron chi connectivity index (χ4n) is 2.65. The Morgan fingerprint density at radius 3 is 2.89 bits per heavy atom. The van der Waals surface area contributed by atoms with Crippen LogP contribution >= 0.6 is 0 Å². The predicted molar refractivity (Wildman–Crippen MR) is 75.0 cm³/mol. The molecule has 0 radical (unpaired) electrons. The third kappa shape index (κ3) is 2.66. The number of aromatic amines is 1. The molecule has 1 aromatic heterocycles. The normalized spacial score (nSPS) is 18.8. The van der Waals surface area contributed by atoms with Crippen LogP contribution < -0.4 is 5.32 Å². The third-order valence-corrected chi connectivity index (χ3v) is 4.04. The number of fused-ring (bicyclic) bond motifs is 1. The molecule has 19 heavy (non-hydrogen) atoms. The van der Waals surface area contributed by atoms with Gasteiger partial charge in [-0.3, -0.25) is 0 Å². The molecule has 4 nitrogen and oxygen atoms in total. The van der Waals surface area contributed by atoms with Gasteiger partial charge in [-0.15, -0.1) is 0 Å². The van der Waals surface area contributed by atoms with E-state index in [4.69, 9.17) is 4.74 Å². The number of benzene rings is 1. The zero-order valence-corrected chi connectivity index (χ0v) is 11.0. The third-order valence-electron chi connectivity index (χ3n) is 4.04. The average Bonchev–Trinajstić information content (AvgIpc) is 2.93. The molecule has 3 N–H and O–H groups in total. The van der Waals surface area contributed by atoms with Crippen LogP contribution in [0.1, 0.15) is 18.4 Å². The van der Waals surface area contributed by atoms with Gasteiger partial charge < -0.3 is 20.1 Å². The lowest BCUT2D eigenvalue weighted by molar-refractivity contribution is 0.0112. The highest BCUT2D eigenvalue weighted by atomic mass is 16.5. The summed E-state index contributed by atoms with van der Waals surface area (Å²) in [6, 6.07) is 8.49. The number of nitrogens with one attached hydrogen (secondary N) is 2. The van der Waals surface area contributed by atoms with E-state index in [1.807, 2.05) is 6.20 Å². The molecule has 0 spiro atoms. The molecule has 3 rings (SSSR count). The Hall–Kier alpha value is -1.36. The molecule has 0 bridgehead atoms. The first-order valence-electron chi connectivity index (χ1n) is 6.81. The van der Waals surface area contributed by atoms with Crippen molar-refractivity contribution in [3.8, 4) is 0 Å². The van der Waals surface area contributed by atoms with E-state index >= 15 is 0 Å². The maximum atomic E-state index is 9.63. The van der Waals surface area contributed by atoms with Gasteiger partial charge in [-0.05, 0) is 35.9 Å². The van der Waals surface area contributed by atoms with Gasteiger partial charge in [0, 0.05) is 37.0 Å². The molecule has 1 aliphatic heterocycles. The first-order chi connectivity index (χ1) is 9.31. The van der Waals surface area contributed by atoms with Crippen LogP contribution in [0.4, 0.5) is 0 Å². The second-order valence-electron chi connectivity index (χ2n) is 5.30. The van der Waals surface area contributed by atoms with E-state index in [-0.39, 0.29) is 12.1 Å². The molecular formula is C15H20N2O2. The van der Waals surface area contributed by atoms with Crippen LogP contribution in [0.3, 0.4) is 0 Å². The van der Waals surface area contributed by atoms with E-state index in [2.05, 4.69) is 34.6 Å². The average molecular weight is 260 g/mol. The summed E-state index contributed by atoms with van der Waals surface area (Å²) in [5, 5.41) is 14.4. The van der Waals surface area contributed by atoms with Gasteiger partial charge in [-0.1, -0.05) is 12.1 Å². The van der Waals surface area contributed by atoms with Gasteiger partial charge >= 0.3 is 0 Å². The van der Waals surface area contributed by atoms with E-state index < -0.39 is 0 Å². The fraction of sp³-hybridized carbons (Fsp3) is 0.467. The molecule has 2 heterocycles. The molecule has 102 valence electrons. The van der Waals surface area contributed by atoms with Crippen LogP contribution in [0.15, 0.2) is 30.5 Å². The number of aromatic nitrogens is 1. The van der Waals surface area contributed by atoms with Gasteiger partial charge in [-0.25, -0.2) is 0 Å². The van der Waals surface area contributed by atoms with Crippen LogP contribution in [0, 0.1) is 0 Å². The zero-order chi connectivity index (χ0) is 13.1. The van der Waals surface area contributed by atoms with Crippen molar-refractivity contribution in [1.29, 1.82) is 0 Å². The summed E-state index contributed by atoms with van der Waals surface area (Å²) in [5.41, 5.74) is 2.21. The number of hydrogen-bond donors (Lipinski definition) is 3. The minimum Gasteiger partial charge on any atom is -0.394 e. The Bertz CT molecular complexity index is 544. The van der Waals surface area contributed by atoms with Crippen LogP contribution in [0.25, 0.3) is 10.9 Å². The summed E-state index contributed by atoms with van der Waals surface area (Å²) in [4.78, 5) is 3.22. The summed E-state index contributed by atoms with van der Waals surface area (Å²) in [6.45, 7) is 2.39. The van der Waals surface area contributed by atoms with Crippen molar-refractivity contribution in [2.45, 2.75) is 24.9 Å². The van der Waals surface area contributed by atoms with Crippen LogP contribution in [-0.4, -0.2) is 35.5 Å². The summed E-state index contributed by atoms with van der Waals surface area (Å²) < 4.78 is 5.37. The molecule has 1 aromatic carbocycles. The molecule has 1 saturated heterocycles. The lowest BCUT2D eigenvalue weighted by atomic mass is 9.90. The Morgan fingerprint density at radius 2 is 2.11 bits per heavy atom. The largest absolute Gasteiger partial charge is 0.394 e. The molecular weight excluding hydrogens is 240 g/mol. The molecule has 0 atom stereocenters. The quantitative estimate of drug-likeness (QED) is 0.785. The maximum absolute atomic E-state index is 9.63. The number of aliphatic hydroxyl groups is 1. The summed E-state index contributed by atoms with van der Waals surface area (Å²) >= 11 is 0. The van der Waals surface area contributed by atoms with Gasteiger partial charge in [0.1, 0.15) is 0 Å².